The predicted molar refractivity (Wildman–Crippen MR) is 118 cm³/mol. The molecule has 30 heavy (non-hydrogen) atoms. The van der Waals surface area contributed by atoms with E-state index in [1.54, 1.807) is 36.4 Å². The first kappa shape index (κ1) is 20.4. The number of ether oxygens (including phenoxy) is 1. The van der Waals surface area contributed by atoms with Crippen LogP contribution in [-0.2, 0) is 11.2 Å². The molecule has 4 rings (SSSR count). The number of anilines is 1. The van der Waals surface area contributed by atoms with Gasteiger partial charge in [0.2, 0.25) is 0 Å². The highest BCUT2D eigenvalue weighted by Gasteiger charge is 2.16. The number of hydrogen-bond acceptors (Lipinski definition) is 3. The Labute approximate surface area is 183 Å². The maximum absolute atomic E-state index is 13.7. The van der Waals surface area contributed by atoms with E-state index in [4.69, 9.17) is 27.9 Å². The van der Waals surface area contributed by atoms with Gasteiger partial charge in [0.15, 0.2) is 6.61 Å². The van der Waals surface area contributed by atoms with Gasteiger partial charge in [-0.05, 0) is 54.4 Å². The number of carbonyl (C=O) groups excluding carboxylic acids is 1. The first-order valence-electron chi connectivity index (χ1n) is 9.31. The second-order valence-corrected chi connectivity index (χ2v) is 7.61. The van der Waals surface area contributed by atoms with Crippen molar-refractivity contribution in [1.82, 2.24) is 0 Å². The fraction of sp³-hybridized carbons (Fsp3) is 0.130. The van der Waals surface area contributed by atoms with Gasteiger partial charge in [0, 0.05) is 28.4 Å². The summed E-state index contributed by atoms with van der Waals surface area (Å²) >= 11 is 11.9. The lowest BCUT2D eigenvalue weighted by Gasteiger charge is -2.17. The molecule has 1 heterocycles. The van der Waals surface area contributed by atoms with E-state index in [2.05, 4.69) is 10.3 Å². The lowest BCUT2D eigenvalue weighted by molar-refractivity contribution is -0.118. The number of carbonyl (C=O) groups is 1. The number of halogens is 3. The monoisotopic (exact) mass is 442 g/mol. The molecule has 0 radical (unpaired) electrons. The van der Waals surface area contributed by atoms with Gasteiger partial charge in [0.05, 0.1) is 10.7 Å². The number of nitrogens with zero attached hydrogens (tertiary/aromatic N) is 1. The lowest BCUT2D eigenvalue weighted by Crippen LogP contribution is -2.20. The Morgan fingerprint density at radius 2 is 1.87 bits per heavy atom. The molecule has 0 atom stereocenters. The summed E-state index contributed by atoms with van der Waals surface area (Å²) in [6, 6.07) is 16.8. The van der Waals surface area contributed by atoms with Crippen LogP contribution in [0.5, 0.6) is 5.75 Å². The highest BCUT2D eigenvalue weighted by atomic mass is 35.5. The van der Waals surface area contributed by atoms with E-state index >= 15 is 0 Å². The lowest BCUT2D eigenvalue weighted by atomic mass is 9.93. The molecule has 0 fully saturated rings. The van der Waals surface area contributed by atoms with Gasteiger partial charge in [-0.2, -0.15) is 0 Å². The van der Waals surface area contributed by atoms with Crippen LogP contribution in [0, 0.1) is 5.82 Å². The van der Waals surface area contributed by atoms with Gasteiger partial charge in [-0.1, -0.05) is 41.4 Å². The molecule has 4 nitrogen and oxygen atoms in total. The molecule has 1 aliphatic heterocycles. The fourth-order valence-corrected chi connectivity index (χ4v) is 3.71. The molecule has 1 aliphatic rings. The Kier molecular flexibility index (Phi) is 6.02. The molecule has 0 saturated carbocycles. The van der Waals surface area contributed by atoms with E-state index in [1.165, 1.54) is 12.1 Å². The Morgan fingerprint density at radius 3 is 2.63 bits per heavy atom. The van der Waals surface area contributed by atoms with Gasteiger partial charge >= 0.3 is 0 Å². The van der Waals surface area contributed by atoms with Crippen LogP contribution in [0.2, 0.25) is 10.0 Å². The Balaban J connectivity index is 1.41. The SMILES string of the molecule is O=C(COc1ccc(Cl)cc1Cl)Nc1ccc(C2=NCCc3ccc(F)cc32)cc1. The molecule has 0 unspecified atom stereocenters. The van der Waals surface area contributed by atoms with E-state index < -0.39 is 0 Å². The van der Waals surface area contributed by atoms with Crippen LogP contribution >= 0.6 is 23.2 Å². The zero-order chi connectivity index (χ0) is 21.1. The highest BCUT2D eigenvalue weighted by molar-refractivity contribution is 6.35. The third kappa shape index (κ3) is 4.64. The van der Waals surface area contributed by atoms with Crippen LogP contribution in [0.3, 0.4) is 0 Å². The van der Waals surface area contributed by atoms with Crippen molar-refractivity contribution >= 4 is 40.5 Å². The van der Waals surface area contributed by atoms with Crippen molar-refractivity contribution in [2.45, 2.75) is 6.42 Å². The number of hydrogen-bond donors (Lipinski definition) is 1. The first-order valence-corrected chi connectivity index (χ1v) is 10.1. The van der Waals surface area contributed by atoms with Crippen LogP contribution in [0.25, 0.3) is 0 Å². The quantitative estimate of drug-likeness (QED) is 0.563. The van der Waals surface area contributed by atoms with Gasteiger partial charge in [-0.25, -0.2) is 4.39 Å². The second-order valence-electron chi connectivity index (χ2n) is 6.77. The van der Waals surface area contributed by atoms with E-state index in [9.17, 15) is 9.18 Å². The van der Waals surface area contributed by atoms with Gasteiger partial charge < -0.3 is 10.1 Å². The normalized spacial score (nSPS) is 12.7. The van der Waals surface area contributed by atoms with Crippen LogP contribution < -0.4 is 10.1 Å². The summed E-state index contributed by atoms with van der Waals surface area (Å²) in [4.78, 5) is 16.8. The van der Waals surface area contributed by atoms with E-state index in [-0.39, 0.29) is 18.3 Å². The van der Waals surface area contributed by atoms with Crippen molar-refractivity contribution in [2.24, 2.45) is 4.99 Å². The van der Waals surface area contributed by atoms with Crippen LogP contribution in [-0.4, -0.2) is 24.8 Å². The van der Waals surface area contributed by atoms with Gasteiger partial charge in [0.1, 0.15) is 11.6 Å². The van der Waals surface area contributed by atoms with Crippen LogP contribution in [0.15, 0.2) is 65.7 Å². The predicted octanol–water partition coefficient (Wildman–Crippen LogP) is 5.54. The molecule has 1 N–H and O–H groups in total. The zero-order valence-electron chi connectivity index (χ0n) is 15.8. The third-order valence-electron chi connectivity index (χ3n) is 4.67. The Morgan fingerprint density at radius 1 is 1.07 bits per heavy atom. The number of rotatable bonds is 5. The minimum Gasteiger partial charge on any atom is -0.482 e. The minimum atomic E-state index is -0.323. The zero-order valence-corrected chi connectivity index (χ0v) is 17.3. The second kappa shape index (κ2) is 8.86. The van der Waals surface area contributed by atoms with Gasteiger partial charge in [-0.3, -0.25) is 9.79 Å². The fourth-order valence-electron chi connectivity index (χ4n) is 3.25. The number of amides is 1. The summed E-state index contributed by atoms with van der Waals surface area (Å²) in [5.74, 6) is -0.225. The summed E-state index contributed by atoms with van der Waals surface area (Å²) < 4.78 is 19.1. The summed E-state index contributed by atoms with van der Waals surface area (Å²) in [6.07, 6.45) is 0.797. The molecular formula is C23H17Cl2FN2O2. The minimum absolute atomic E-state index is 0.192. The van der Waals surface area contributed by atoms with Crippen molar-refractivity contribution in [1.29, 1.82) is 0 Å². The average Bonchev–Trinajstić information content (AvgIpc) is 2.73. The maximum atomic E-state index is 13.7. The van der Waals surface area contributed by atoms with Crippen LogP contribution in [0.4, 0.5) is 10.1 Å². The average molecular weight is 443 g/mol. The van der Waals surface area contributed by atoms with Gasteiger partial charge in [-0.15, -0.1) is 0 Å². The van der Waals surface area contributed by atoms with E-state index in [0.717, 1.165) is 28.8 Å². The molecule has 3 aromatic carbocycles. The number of benzene rings is 3. The van der Waals surface area contributed by atoms with Crippen molar-refractivity contribution in [2.75, 3.05) is 18.5 Å². The number of fused-ring (bicyclic) bond motifs is 1. The van der Waals surface area contributed by atoms with E-state index in [1.807, 2.05) is 12.1 Å². The maximum Gasteiger partial charge on any atom is 0.262 e. The molecule has 3 aromatic rings. The summed E-state index contributed by atoms with van der Waals surface area (Å²) in [7, 11) is 0. The summed E-state index contributed by atoms with van der Waals surface area (Å²) in [6.45, 7) is 0.472. The molecule has 0 aromatic heterocycles. The van der Waals surface area contributed by atoms with Gasteiger partial charge in [0.25, 0.3) is 5.91 Å². The molecule has 152 valence electrons. The smallest absolute Gasteiger partial charge is 0.262 e. The van der Waals surface area contributed by atoms with Crippen molar-refractivity contribution in [3.05, 3.63) is 93.2 Å². The number of nitrogens with one attached hydrogen (secondary N) is 1. The van der Waals surface area contributed by atoms with Crippen molar-refractivity contribution in [3.63, 3.8) is 0 Å². The van der Waals surface area contributed by atoms with Crippen molar-refractivity contribution in [3.8, 4) is 5.75 Å². The largest absolute Gasteiger partial charge is 0.482 e. The topological polar surface area (TPSA) is 50.7 Å². The molecule has 0 saturated heterocycles. The molecule has 1 amide bonds. The summed E-state index contributed by atoms with van der Waals surface area (Å²) in [5, 5.41) is 3.60. The Bertz CT molecular complexity index is 1130. The highest BCUT2D eigenvalue weighted by Crippen LogP contribution is 2.27. The standard InChI is InChI=1S/C23H17Cl2FN2O2/c24-16-4-8-21(20(25)11-16)30-13-22(29)28-18-6-2-15(3-7-18)23-19-12-17(26)5-1-14(19)9-10-27-23/h1-8,11-12H,9-10,13H2,(H,28,29). The molecule has 0 spiro atoms. The molecule has 0 aliphatic carbocycles. The molecule has 0 bridgehead atoms. The Hall–Kier alpha value is -2.89. The number of aliphatic imine (C=N–C) groups is 1. The van der Waals surface area contributed by atoms with Crippen molar-refractivity contribution < 1.29 is 13.9 Å². The van der Waals surface area contributed by atoms with E-state index in [0.29, 0.717) is 28.0 Å². The van der Waals surface area contributed by atoms with Crippen LogP contribution in [0.1, 0.15) is 16.7 Å². The first-order chi connectivity index (χ1) is 14.5. The molecular weight excluding hydrogens is 426 g/mol. The third-order valence-corrected chi connectivity index (χ3v) is 5.20. The summed E-state index contributed by atoms with van der Waals surface area (Å²) in [5.41, 5.74) is 4.13. The molecule has 7 heteroatoms.